The highest BCUT2D eigenvalue weighted by Gasteiger charge is 2.50. The number of para-hydroxylation sites is 1. The van der Waals surface area contributed by atoms with Crippen LogP contribution in [0.2, 0.25) is 0 Å². The number of phenols is 3. The second-order valence-corrected chi connectivity index (χ2v) is 17.9. The number of aromatic nitrogens is 1. The molecule has 7 rings (SSSR count). The Balaban J connectivity index is 1.51. The number of nitrogens with one attached hydrogen (secondary N) is 3. The zero-order valence-corrected chi connectivity index (χ0v) is 40.0. The molecule has 366 valence electrons. The lowest BCUT2D eigenvalue weighted by molar-refractivity contribution is -0.160. The third-order valence-electron chi connectivity index (χ3n) is 13.3. The van der Waals surface area contributed by atoms with Crippen LogP contribution in [0.1, 0.15) is 82.4 Å². The number of anilines is 1. The van der Waals surface area contributed by atoms with Crippen molar-refractivity contribution >= 4 is 51.0 Å². The summed E-state index contributed by atoms with van der Waals surface area (Å²) < 4.78 is 29.2. The minimum absolute atomic E-state index is 0.00791. The number of allylic oxidation sites excluding steroid dienone is 2. The van der Waals surface area contributed by atoms with Crippen molar-refractivity contribution in [2.75, 3.05) is 19.0 Å². The quantitative estimate of drug-likeness (QED) is 0.0506. The summed E-state index contributed by atoms with van der Waals surface area (Å²) in [7, 11) is 1.42. The van der Waals surface area contributed by atoms with Crippen LogP contribution < -0.4 is 15.4 Å². The van der Waals surface area contributed by atoms with Crippen molar-refractivity contribution in [3.8, 4) is 23.0 Å². The number of Topliss-reactive ketones (excluding diaryl/α,β-unsaturated/α-hetero) is 1. The zero-order chi connectivity index (χ0) is 49.9. The fourth-order valence-electron chi connectivity index (χ4n) is 9.19. The van der Waals surface area contributed by atoms with E-state index in [1.54, 1.807) is 53.0 Å². The van der Waals surface area contributed by atoms with Gasteiger partial charge in [0.05, 0.1) is 47.8 Å². The fourth-order valence-corrected chi connectivity index (χ4v) is 9.19. The molecule has 17 nitrogen and oxygen atoms in total. The number of aliphatic hydroxyl groups excluding tert-OH is 2. The predicted molar refractivity (Wildman–Crippen MR) is 253 cm³/mol. The Hall–Kier alpha value is -6.40. The molecular weight excluding hydrogens is 879 g/mol. The van der Waals surface area contributed by atoms with Crippen molar-refractivity contribution in [1.29, 1.82) is 0 Å². The van der Waals surface area contributed by atoms with E-state index in [0.29, 0.717) is 0 Å². The molecule has 17 heteroatoms. The Bertz CT molecular complexity index is 2670. The first-order valence-corrected chi connectivity index (χ1v) is 22.7. The Morgan fingerprint density at radius 2 is 1.65 bits per heavy atom. The zero-order valence-electron chi connectivity index (χ0n) is 40.0. The summed E-state index contributed by atoms with van der Waals surface area (Å²) in [6, 6.07) is 6.51. The Kier molecular flexibility index (Phi) is 15.6. The Labute approximate surface area is 394 Å². The second-order valence-electron chi connectivity index (χ2n) is 17.9. The maximum Gasteiger partial charge on any atom is 0.323 e. The van der Waals surface area contributed by atoms with Gasteiger partial charge in [-0.25, -0.2) is 0 Å². The number of esters is 2. The molecule has 0 spiro atoms. The van der Waals surface area contributed by atoms with Crippen molar-refractivity contribution < 1.29 is 68.4 Å². The van der Waals surface area contributed by atoms with Gasteiger partial charge in [0.25, 0.3) is 11.7 Å². The number of ether oxygens (including phenoxy) is 5. The molecule has 4 heterocycles. The molecule has 8 N–H and O–H groups in total. The van der Waals surface area contributed by atoms with E-state index < -0.39 is 107 Å². The van der Waals surface area contributed by atoms with E-state index in [0.717, 1.165) is 16.5 Å². The molecule has 0 aliphatic carbocycles. The molecule has 0 radical (unpaired) electrons. The smallest absolute Gasteiger partial charge is 0.323 e. The third-order valence-corrected chi connectivity index (χ3v) is 13.3. The Morgan fingerprint density at radius 3 is 2.32 bits per heavy atom. The molecule has 1 aromatic heterocycles. The van der Waals surface area contributed by atoms with Crippen molar-refractivity contribution in [2.45, 2.75) is 112 Å². The van der Waals surface area contributed by atoms with Crippen LogP contribution in [0.4, 0.5) is 5.69 Å². The van der Waals surface area contributed by atoms with Crippen molar-refractivity contribution in [2.24, 2.45) is 23.7 Å². The first kappa shape index (κ1) is 51.0. The van der Waals surface area contributed by atoms with Crippen LogP contribution >= 0.6 is 0 Å². The van der Waals surface area contributed by atoms with Gasteiger partial charge in [0.1, 0.15) is 29.4 Å². The molecule has 0 saturated carbocycles. The van der Waals surface area contributed by atoms with Crippen molar-refractivity contribution in [3.63, 3.8) is 0 Å². The number of ketones is 1. The van der Waals surface area contributed by atoms with Crippen LogP contribution in [0.25, 0.3) is 21.7 Å². The van der Waals surface area contributed by atoms with Crippen LogP contribution in [0.5, 0.6) is 23.0 Å². The molecule has 5 bridgehead atoms. The fraction of sp³-hybridized carbons (Fsp3) is 0.451. The van der Waals surface area contributed by atoms with Crippen LogP contribution in [-0.2, 0) is 46.3 Å². The van der Waals surface area contributed by atoms with Gasteiger partial charge in [-0.15, -0.1) is 0 Å². The maximum atomic E-state index is 14.7. The topological polar surface area (TPSA) is 255 Å². The summed E-state index contributed by atoms with van der Waals surface area (Å²) in [5.74, 6) is -9.55. The molecule has 3 aliphatic rings. The first-order chi connectivity index (χ1) is 32.2. The number of aromatic amines is 1. The van der Waals surface area contributed by atoms with Gasteiger partial charge in [-0.2, -0.15) is 0 Å². The van der Waals surface area contributed by atoms with E-state index >= 15 is 0 Å². The van der Waals surface area contributed by atoms with E-state index in [9.17, 15) is 44.7 Å². The lowest BCUT2D eigenvalue weighted by Crippen LogP contribution is -2.46. The van der Waals surface area contributed by atoms with Gasteiger partial charge in [-0.05, 0) is 38.5 Å². The summed E-state index contributed by atoms with van der Waals surface area (Å²) in [6.07, 6.45) is 5.21. The van der Waals surface area contributed by atoms with Gasteiger partial charge in [-0.1, -0.05) is 64.1 Å². The summed E-state index contributed by atoms with van der Waals surface area (Å²) in [6.45, 7) is 13.7. The number of rotatable bonds is 9. The number of phenolic OH excluding ortho intramolecular Hbond substituents is 3. The normalized spacial score (nSPS) is 28.0. The number of aromatic hydroxyl groups is 3. The van der Waals surface area contributed by atoms with Gasteiger partial charge in [0.2, 0.25) is 0 Å². The summed E-state index contributed by atoms with van der Waals surface area (Å²) >= 11 is 0. The minimum atomic E-state index is -2.11. The molecule has 4 aromatic rings. The van der Waals surface area contributed by atoms with Crippen LogP contribution in [0.15, 0.2) is 66.6 Å². The summed E-state index contributed by atoms with van der Waals surface area (Å²) in [5, 5.41) is 65.4. The lowest BCUT2D eigenvalue weighted by Gasteiger charge is -2.38. The number of carbonyl (C=O) groups is 4. The number of aliphatic hydroxyl groups is 2. The van der Waals surface area contributed by atoms with Crippen LogP contribution in [0.3, 0.4) is 0 Å². The van der Waals surface area contributed by atoms with E-state index in [4.69, 9.17) is 23.7 Å². The number of amides is 1. The molecular formula is C51H63N3O14. The second kappa shape index (κ2) is 20.9. The number of hydrogen-bond acceptors (Lipinski definition) is 15. The SMILES string of the molecule is CCOC(=O)[C@H](Cc1c[nH]c2ccccc12)NCc1c2c(O)c3c(O)c(C)c4c(c3c1O)C(=O)[C@@](C)(O/C=C/[C@H](OC)[C@@H](C)[C@@H](OC(C)=O)[C@H](C)[C@H](O)[C@H](C)[C@@H](O)[C@@H](C)/C=C/C=C(/C)C(=O)N2)O4. The third kappa shape index (κ3) is 9.93. The highest BCUT2D eigenvalue weighted by Crippen LogP contribution is 2.55. The van der Waals surface area contributed by atoms with E-state index in [1.165, 1.54) is 53.2 Å². The average molecular weight is 942 g/mol. The molecule has 0 fully saturated rings. The highest BCUT2D eigenvalue weighted by molar-refractivity contribution is 6.22. The minimum Gasteiger partial charge on any atom is -0.507 e. The standard InChI is InChI=1S/C51H63N3O14/c1-11-65-50(63)35(21-31-22-52-34-18-13-12-17-32(31)34)53-23-33-40-45(60)38-37(44(33)59)39-47(29(7)43(38)58)68-51(9,48(39)61)66-20-19-36(64-10)26(4)46(67-30(8)55)28(6)42(57)27(5)41(56)24(2)15-14-16-25(3)49(62)54-40/h12-20,22,24,26-28,35-36,41-42,46,52-53,56-60H,11,21,23H2,1-10H3,(H,54,62)/b15-14+,20-19+,25-16-/t24-,26+,27+,28+,35-,36-,41-,42+,46+,51-/m0/s1. The molecule has 68 heavy (non-hydrogen) atoms. The molecule has 0 saturated heterocycles. The monoisotopic (exact) mass is 941 g/mol. The van der Waals surface area contributed by atoms with Gasteiger partial charge in [-0.3, -0.25) is 24.5 Å². The summed E-state index contributed by atoms with van der Waals surface area (Å²) in [4.78, 5) is 57.9. The van der Waals surface area contributed by atoms with Crippen molar-refractivity contribution in [3.05, 3.63) is 88.9 Å². The van der Waals surface area contributed by atoms with Crippen molar-refractivity contribution in [1.82, 2.24) is 10.3 Å². The van der Waals surface area contributed by atoms with Crippen LogP contribution in [0, 0.1) is 30.6 Å². The number of methoxy groups -OCH3 is 1. The molecule has 3 aromatic carbocycles. The van der Waals surface area contributed by atoms with Gasteiger partial charge in [0, 0.05) is 96.8 Å². The maximum absolute atomic E-state index is 14.7. The van der Waals surface area contributed by atoms with Gasteiger partial charge < -0.3 is 59.5 Å². The van der Waals surface area contributed by atoms with Gasteiger partial charge in [0.15, 0.2) is 5.75 Å². The molecule has 1 amide bonds. The first-order valence-electron chi connectivity index (χ1n) is 22.7. The number of carbonyl (C=O) groups excluding carboxylic acids is 4. The molecule has 3 aliphatic heterocycles. The number of benzene rings is 3. The predicted octanol–water partition coefficient (Wildman–Crippen LogP) is 6.50. The molecule has 0 unspecified atom stereocenters. The van der Waals surface area contributed by atoms with Crippen LogP contribution in [-0.4, -0.2) is 104 Å². The molecule has 10 atom stereocenters. The summed E-state index contributed by atoms with van der Waals surface area (Å²) in [5.41, 5.74) is 1.02. The van der Waals surface area contributed by atoms with E-state index in [2.05, 4.69) is 15.6 Å². The number of fused-ring (bicyclic) bond motifs is 15. The van der Waals surface area contributed by atoms with E-state index in [1.807, 2.05) is 24.3 Å². The van der Waals surface area contributed by atoms with E-state index in [-0.39, 0.29) is 57.5 Å². The largest absolute Gasteiger partial charge is 0.507 e. The number of H-pyrrole nitrogens is 1. The average Bonchev–Trinajstić information content (AvgIpc) is 3.84. The highest BCUT2D eigenvalue weighted by atomic mass is 16.7. The number of hydrogen-bond donors (Lipinski definition) is 8. The Morgan fingerprint density at radius 1 is 0.941 bits per heavy atom. The van der Waals surface area contributed by atoms with Gasteiger partial charge >= 0.3 is 17.7 Å². The lowest BCUT2D eigenvalue weighted by atomic mass is 9.78.